The summed E-state index contributed by atoms with van der Waals surface area (Å²) in [5.41, 5.74) is 3.29. The highest BCUT2D eigenvalue weighted by molar-refractivity contribution is 7.99. The van der Waals surface area contributed by atoms with Gasteiger partial charge in [0.2, 0.25) is 0 Å². The lowest BCUT2D eigenvalue weighted by molar-refractivity contribution is 0.00200. The number of benzene rings is 1. The molecule has 0 aliphatic carbocycles. The molecule has 0 saturated carbocycles. The molecule has 4 rings (SSSR count). The topological polar surface area (TPSA) is 44.1 Å². The fourth-order valence-corrected chi connectivity index (χ4v) is 6.05. The molecule has 0 fully saturated rings. The fourth-order valence-electron chi connectivity index (χ4n) is 3.87. The third-order valence-corrected chi connectivity index (χ3v) is 7.85. The molecular weight excluding hydrogens is 412 g/mol. The maximum atomic E-state index is 13.8. The minimum Gasteiger partial charge on any atom is -0.372 e. The van der Waals surface area contributed by atoms with Crippen LogP contribution in [0.5, 0.6) is 0 Å². The number of aryl methyl sites for hydroxylation is 1. The van der Waals surface area contributed by atoms with Crippen molar-refractivity contribution in [3.63, 3.8) is 0 Å². The molecule has 0 amide bonds. The quantitative estimate of drug-likeness (QED) is 0.251. The smallest absolute Gasteiger partial charge is 0.267 e. The van der Waals surface area contributed by atoms with Gasteiger partial charge in [-0.2, -0.15) is 0 Å². The van der Waals surface area contributed by atoms with E-state index in [2.05, 4.69) is 39.8 Å². The standard InChI is InChI=1S/C24H30N2O2S2/c1-5-6-7-12-29-24-25-22-21(18-13-19(15(2)3)28-14-20(18)30-22)23(27)26(24)17-10-8-16(4)9-11-17/h8-11,15,19H,5-7,12-14H2,1-4H3/t19-/m1/s1. The van der Waals surface area contributed by atoms with E-state index in [4.69, 9.17) is 9.72 Å². The minimum atomic E-state index is 0.0590. The fraction of sp³-hybridized carbons (Fsp3) is 0.500. The molecule has 0 bridgehead atoms. The SMILES string of the molecule is CCCCCSc1nc2sc3c(c2c(=O)n1-c1ccc(C)cc1)C[C@H](C(C)C)OC3. The van der Waals surface area contributed by atoms with E-state index >= 15 is 0 Å². The first-order valence-electron chi connectivity index (χ1n) is 10.9. The molecular formula is C24H30N2O2S2. The molecule has 3 heterocycles. The monoisotopic (exact) mass is 442 g/mol. The Morgan fingerprint density at radius 3 is 2.73 bits per heavy atom. The Balaban J connectivity index is 1.85. The Hall–Kier alpha value is -1.63. The highest BCUT2D eigenvalue weighted by Crippen LogP contribution is 2.36. The van der Waals surface area contributed by atoms with Crippen LogP contribution in [-0.4, -0.2) is 21.4 Å². The molecule has 6 heteroatoms. The molecule has 1 atom stereocenters. The highest BCUT2D eigenvalue weighted by Gasteiger charge is 2.28. The van der Waals surface area contributed by atoms with Crippen LogP contribution in [0.25, 0.3) is 15.9 Å². The van der Waals surface area contributed by atoms with Gasteiger partial charge < -0.3 is 4.74 Å². The van der Waals surface area contributed by atoms with Crippen LogP contribution in [0.15, 0.2) is 34.2 Å². The third kappa shape index (κ3) is 4.23. The molecule has 0 radical (unpaired) electrons. The van der Waals surface area contributed by atoms with Crippen molar-refractivity contribution in [2.24, 2.45) is 5.92 Å². The van der Waals surface area contributed by atoms with E-state index in [0.29, 0.717) is 12.5 Å². The lowest BCUT2D eigenvalue weighted by atomic mass is 9.96. The van der Waals surface area contributed by atoms with Crippen molar-refractivity contribution in [2.75, 3.05) is 5.75 Å². The van der Waals surface area contributed by atoms with Crippen molar-refractivity contribution < 1.29 is 4.74 Å². The van der Waals surface area contributed by atoms with Crippen molar-refractivity contribution in [3.8, 4) is 5.69 Å². The molecule has 1 aliphatic heterocycles. The zero-order chi connectivity index (χ0) is 21.3. The number of rotatable bonds is 7. The number of thioether (sulfide) groups is 1. The van der Waals surface area contributed by atoms with Crippen LogP contribution in [0, 0.1) is 12.8 Å². The van der Waals surface area contributed by atoms with Crippen molar-refractivity contribution in [1.29, 1.82) is 0 Å². The summed E-state index contributed by atoms with van der Waals surface area (Å²) in [5, 5.41) is 1.59. The van der Waals surface area contributed by atoms with Crippen molar-refractivity contribution in [2.45, 2.75) is 71.2 Å². The Morgan fingerprint density at radius 1 is 1.27 bits per heavy atom. The van der Waals surface area contributed by atoms with Crippen molar-refractivity contribution >= 4 is 33.3 Å². The molecule has 0 saturated heterocycles. The molecule has 30 heavy (non-hydrogen) atoms. The Morgan fingerprint density at radius 2 is 2.03 bits per heavy atom. The highest BCUT2D eigenvalue weighted by atomic mass is 32.2. The number of nitrogens with zero attached hydrogens (tertiary/aromatic N) is 2. The van der Waals surface area contributed by atoms with Crippen LogP contribution < -0.4 is 5.56 Å². The van der Waals surface area contributed by atoms with Crippen LogP contribution in [-0.2, 0) is 17.8 Å². The van der Waals surface area contributed by atoms with Gasteiger partial charge in [-0.15, -0.1) is 11.3 Å². The normalized spacial score (nSPS) is 16.4. The van der Waals surface area contributed by atoms with Gasteiger partial charge in [0.05, 0.1) is 23.8 Å². The van der Waals surface area contributed by atoms with Crippen molar-refractivity contribution in [3.05, 3.63) is 50.6 Å². The Labute approximate surface area is 186 Å². The molecule has 3 aromatic rings. The number of thiophene rings is 1. The maximum absolute atomic E-state index is 13.8. The first kappa shape index (κ1) is 21.6. The third-order valence-electron chi connectivity index (χ3n) is 5.73. The van der Waals surface area contributed by atoms with Gasteiger partial charge in [0.1, 0.15) is 4.83 Å². The first-order valence-corrected chi connectivity index (χ1v) is 12.7. The lowest BCUT2D eigenvalue weighted by Gasteiger charge is -2.26. The van der Waals surface area contributed by atoms with E-state index in [9.17, 15) is 4.79 Å². The van der Waals surface area contributed by atoms with E-state index in [1.807, 2.05) is 16.7 Å². The summed E-state index contributed by atoms with van der Waals surface area (Å²) in [6, 6.07) is 8.17. The molecule has 2 aromatic heterocycles. The summed E-state index contributed by atoms with van der Waals surface area (Å²) in [4.78, 5) is 20.8. The predicted molar refractivity (Wildman–Crippen MR) is 127 cm³/mol. The molecule has 160 valence electrons. The van der Waals surface area contributed by atoms with Gasteiger partial charge in [0.25, 0.3) is 5.56 Å². The minimum absolute atomic E-state index is 0.0590. The van der Waals surface area contributed by atoms with E-state index < -0.39 is 0 Å². The van der Waals surface area contributed by atoms with Gasteiger partial charge in [-0.05, 0) is 37.0 Å². The maximum Gasteiger partial charge on any atom is 0.267 e. The number of ether oxygens (including phenoxy) is 1. The van der Waals surface area contributed by atoms with Gasteiger partial charge in [-0.1, -0.05) is 63.1 Å². The second-order valence-corrected chi connectivity index (χ2v) is 10.6. The van der Waals surface area contributed by atoms with Gasteiger partial charge in [-0.25, -0.2) is 4.98 Å². The Bertz CT molecular complexity index is 1080. The molecule has 1 aliphatic rings. The second kappa shape index (κ2) is 9.25. The van der Waals surface area contributed by atoms with Crippen LogP contribution in [0.2, 0.25) is 0 Å². The summed E-state index contributed by atoms with van der Waals surface area (Å²) >= 11 is 3.32. The van der Waals surface area contributed by atoms with Crippen molar-refractivity contribution in [1.82, 2.24) is 9.55 Å². The Kier molecular flexibility index (Phi) is 6.66. The van der Waals surface area contributed by atoms with E-state index in [0.717, 1.165) is 50.1 Å². The van der Waals surface area contributed by atoms with Gasteiger partial charge in [0.15, 0.2) is 5.16 Å². The zero-order valence-corrected chi connectivity index (χ0v) is 19.9. The van der Waals surface area contributed by atoms with Crippen LogP contribution in [0.4, 0.5) is 0 Å². The number of fused-ring (bicyclic) bond motifs is 3. The van der Waals surface area contributed by atoms with E-state index in [1.165, 1.54) is 18.4 Å². The molecule has 0 N–H and O–H groups in total. The van der Waals surface area contributed by atoms with Crippen LogP contribution in [0.3, 0.4) is 0 Å². The number of aromatic nitrogens is 2. The van der Waals surface area contributed by atoms with Crippen LogP contribution >= 0.6 is 23.1 Å². The zero-order valence-electron chi connectivity index (χ0n) is 18.2. The van der Waals surface area contributed by atoms with E-state index in [-0.39, 0.29) is 11.7 Å². The summed E-state index contributed by atoms with van der Waals surface area (Å²) in [6.45, 7) is 9.22. The number of hydrogen-bond donors (Lipinski definition) is 0. The summed E-state index contributed by atoms with van der Waals surface area (Å²) in [5.74, 6) is 1.40. The summed E-state index contributed by atoms with van der Waals surface area (Å²) in [7, 11) is 0. The molecule has 4 nitrogen and oxygen atoms in total. The van der Waals surface area contributed by atoms with Crippen LogP contribution in [0.1, 0.15) is 56.0 Å². The average molecular weight is 443 g/mol. The van der Waals surface area contributed by atoms with Gasteiger partial charge in [-0.3, -0.25) is 9.36 Å². The largest absolute Gasteiger partial charge is 0.372 e. The van der Waals surface area contributed by atoms with E-state index in [1.54, 1.807) is 23.1 Å². The van der Waals surface area contributed by atoms with Gasteiger partial charge in [0, 0.05) is 17.1 Å². The van der Waals surface area contributed by atoms with Gasteiger partial charge >= 0.3 is 0 Å². The predicted octanol–water partition coefficient (Wildman–Crippen LogP) is 6.14. The molecule has 0 unspecified atom stereocenters. The second-order valence-electron chi connectivity index (χ2n) is 8.41. The summed E-state index contributed by atoms with van der Waals surface area (Å²) in [6.07, 6.45) is 4.47. The summed E-state index contributed by atoms with van der Waals surface area (Å²) < 4.78 is 7.88. The number of hydrogen-bond acceptors (Lipinski definition) is 5. The number of unbranched alkanes of at least 4 members (excludes halogenated alkanes) is 2. The molecule has 0 spiro atoms. The average Bonchev–Trinajstić information content (AvgIpc) is 3.10. The first-order chi connectivity index (χ1) is 14.5. The lowest BCUT2D eigenvalue weighted by Crippen LogP contribution is -2.28. The molecule has 1 aromatic carbocycles.